The molecule has 0 saturated carbocycles. The second-order valence-electron chi connectivity index (χ2n) is 2.99. The standard InChI is InChI=1S/C11H16O3S/c12-4-5-14-6-7-15-11-3-1-2-10(8-11)9-13/h1-3,8,12-13H,4-7,9H2. The summed E-state index contributed by atoms with van der Waals surface area (Å²) in [6.07, 6.45) is 0. The predicted octanol–water partition coefficient (Wildman–Crippen LogP) is 1.28. The molecule has 2 N–H and O–H groups in total. The number of aliphatic hydroxyl groups excluding tert-OH is 2. The fourth-order valence-corrected chi connectivity index (χ4v) is 1.97. The fraction of sp³-hybridized carbons (Fsp3) is 0.455. The SMILES string of the molecule is OCCOCCSc1cccc(CO)c1. The van der Waals surface area contributed by atoms with Gasteiger partial charge in [0.05, 0.1) is 26.4 Å². The monoisotopic (exact) mass is 228 g/mol. The van der Waals surface area contributed by atoms with Crippen LogP contribution in [0.15, 0.2) is 29.2 Å². The first kappa shape index (κ1) is 12.5. The quantitative estimate of drug-likeness (QED) is 0.545. The molecule has 0 saturated heterocycles. The Morgan fingerprint density at radius 3 is 2.80 bits per heavy atom. The molecule has 4 heteroatoms. The van der Waals surface area contributed by atoms with Crippen LogP contribution in [-0.4, -0.2) is 35.8 Å². The lowest BCUT2D eigenvalue weighted by Crippen LogP contribution is -2.02. The zero-order valence-electron chi connectivity index (χ0n) is 8.56. The van der Waals surface area contributed by atoms with E-state index in [0.717, 1.165) is 16.2 Å². The number of rotatable bonds is 7. The van der Waals surface area contributed by atoms with Gasteiger partial charge in [-0.05, 0) is 17.7 Å². The Morgan fingerprint density at radius 1 is 1.20 bits per heavy atom. The highest BCUT2D eigenvalue weighted by atomic mass is 32.2. The first-order valence-electron chi connectivity index (χ1n) is 4.88. The van der Waals surface area contributed by atoms with Crippen LogP contribution in [0.1, 0.15) is 5.56 Å². The molecule has 1 aromatic rings. The second-order valence-corrected chi connectivity index (χ2v) is 4.16. The molecule has 0 aliphatic heterocycles. The van der Waals surface area contributed by atoms with Crippen molar-refractivity contribution in [3.8, 4) is 0 Å². The molecule has 0 amide bonds. The summed E-state index contributed by atoms with van der Waals surface area (Å²) in [6.45, 7) is 1.19. The van der Waals surface area contributed by atoms with Crippen LogP contribution >= 0.6 is 11.8 Å². The highest BCUT2D eigenvalue weighted by Crippen LogP contribution is 2.18. The van der Waals surface area contributed by atoms with Gasteiger partial charge in [0.25, 0.3) is 0 Å². The highest BCUT2D eigenvalue weighted by Gasteiger charge is 1.96. The Labute approximate surface area is 94.1 Å². The Morgan fingerprint density at radius 2 is 2.07 bits per heavy atom. The van der Waals surface area contributed by atoms with Gasteiger partial charge in [0.2, 0.25) is 0 Å². The van der Waals surface area contributed by atoms with Gasteiger partial charge in [-0.25, -0.2) is 0 Å². The normalized spacial score (nSPS) is 10.5. The van der Waals surface area contributed by atoms with Gasteiger partial charge in [-0.2, -0.15) is 0 Å². The van der Waals surface area contributed by atoms with Crippen LogP contribution in [0, 0.1) is 0 Å². The van der Waals surface area contributed by atoms with Crippen molar-refractivity contribution < 1.29 is 14.9 Å². The first-order valence-corrected chi connectivity index (χ1v) is 5.86. The molecule has 0 fully saturated rings. The zero-order chi connectivity index (χ0) is 10.9. The maximum absolute atomic E-state index is 8.94. The van der Waals surface area contributed by atoms with Gasteiger partial charge in [-0.15, -0.1) is 11.8 Å². The molecule has 0 spiro atoms. The third-order valence-electron chi connectivity index (χ3n) is 1.81. The van der Waals surface area contributed by atoms with Gasteiger partial charge in [-0.1, -0.05) is 12.1 Å². The molecule has 1 rings (SSSR count). The van der Waals surface area contributed by atoms with E-state index < -0.39 is 0 Å². The molecule has 3 nitrogen and oxygen atoms in total. The highest BCUT2D eigenvalue weighted by molar-refractivity contribution is 7.99. The molecule has 0 aliphatic carbocycles. The third-order valence-corrected chi connectivity index (χ3v) is 2.77. The average Bonchev–Trinajstić information content (AvgIpc) is 2.29. The topological polar surface area (TPSA) is 49.7 Å². The maximum atomic E-state index is 8.94. The minimum Gasteiger partial charge on any atom is -0.394 e. The molecule has 15 heavy (non-hydrogen) atoms. The van der Waals surface area contributed by atoms with Gasteiger partial charge in [0, 0.05) is 10.6 Å². The lowest BCUT2D eigenvalue weighted by Gasteiger charge is -2.04. The average molecular weight is 228 g/mol. The van der Waals surface area contributed by atoms with Crippen molar-refractivity contribution in [3.63, 3.8) is 0 Å². The van der Waals surface area contributed by atoms with Gasteiger partial charge in [0.15, 0.2) is 0 Å². The minimum absolute atomic E-state index is 0.0741. The molecule has 0 heterocycles. The van der Waals surface area contributed by atoms with E-state index in [4.69, 9.17) is 14.9 Å². The number of aliphatic hydroxyl groups is 2. The third kappa shape index (κ3) is 5.18. The van der Waals surface area contributed by atoms with E-state index in [1.807, 2.05) is 24.3 Å². The second kappa shape index (κ2) is 7.70. The van der Waals surface area contributed by atoms with Crippen LogP contribution in [0.2, 0.25) is 0 Å². The molecule has 0 aromatic heterocycles. The lowest BCUT2D eigenvalue weighted by molar-refractivity contribution is 0.103. The smallest absolute Gasteiger partial charge is 0.0698 e. The Hall–Kier alpha value is -0.550. The number of ether oxygens (including phenoxy) is 1. The van der Waals surface area contributed by atoms with Crippen LogP contribution in [0.4, 0.5) is 0 Å². The van der Waals surface area contributed by atoms with Crippen molar-refractivity contribution in [3.05, 3.63) is 29.8 Å². The van der Waals surface area contributed by atoms with E-state index in [1.165, 1.54) is 0 Å². The summed E-state index contributed by atoms with van der Waals surface area (Å²) in [6, 6.07) is 7.81. The summed E-state index contributed by atoms with van der Waals surface area (Å²) in [5, 5.41) is 17.4. The summed E-state index contributed by atoms with van der Waals surface area (Å²) >= 11 is 1.68. The van der Waals surface area contributed by atoms with Crippen LogP contribution < -0.4 is 0 Å². The van der Waals surface area contributed by atoms with Crippen molar-refractivity contribution >= 4 is 11.8 Å². The summed E-state index contributed by atoms with van der Waals surface area (Å²) in [7, 11) is 0. The van der Waals surface area contributed by atoms with Gasteiger partial charge < -0.3 is 14.9 Å². The Bertz CT molecular complexity index is 278. The van der Waals surface area contributed by atoms with E-state index in [-0.39, 0.29) is 13.2 Å². The van der Waals surface area contributed by atoms with Crippen molar-refractivity contribution in [1.82, 2.24) is 0 Å². The Kier molecular flexibility index (Phi) is 6.43. The van der Waals surface area contributed by atoms with Crippen LogP contribution in [0.3, 0.4) is 0 Å². The Balaban J connectivity index is 2.24. The molecular weight excluding hydrogens is 212 g/mol. The molecular formula is C11H16O3S. The van der Waals surface area contributed by atoms with Crippen molar-refractivity contribution in [1.29, 1.82) is 0 Å². The summed E-state index contributed by atoms with van der Waals surface area (Å²) in [4.78, 5) is 1.13. The maximum Gasteiger partial charge on any atom is 0.0698 e. The first-order chi connectivity index (χ1) is 7.36. The molecule has 0 atom stereocenters. The molecule has 1 aromatic carbocycles. The zero-order valence-corrected chi connectivity index (χ0v) is 9.37. The summed E-state index contributed by atoms with van der Waals surface area (Å²) in [5.41, 5.74) is 0.927. The van der Waals surface area contributed by atoms with Crippen LogP contribution in [-0.2, 0) is 11.3 Å². The van der Waals surface area contributed by atoms with Gasteiger partial charge in [0.1, 0.15) is 0 Å². The van der Waals surface area contributed by atoms with Crippen molar-refractivity contribution in [2.24, 2.45) is 0 Å². The fourth-order valence-electron chi connectivity index (χ4n) is 1.12. The van der Waals surface area contributed by atoms with Crippen molar-refractivity contribution in [2.45, 2.75) is 11.5 Å². The van der Waals surface area contributed by atoms with Gasteiger partial charge >= 0.3 is 0 Å². The van der Waals surface area contributed by atoms with E-state index >= 15 is 0 Å². The molecule has 0 bridgehead atoms. The molecule has 0 radical (unpaired) electrons. The number of benzene rings is 1. The minimum atomic E-state index is 0.0741. The molecule has 84 valence electrons. The summed E-state index contributed by atoms with van der Waals surface area (Å²) in [5.74, 6) is 0.856. The predicted molar refractivity (Wildman–Crippen MR) is 61.0 cm³/mol. The number of hydrogen-bond donors (Lipinski definition) is 2. The molecule has 0 aliphatic rings. The van der Waals surface area contributed by atoms with Crippen molar-refractivity contribution in [2.75, 3.05) is 25.6 Å². The van der Waals surface area contributed by atoms with Gasteiger partial charge in [-0.3, -0.25) is 0 Å². The number of hydrogen-bond acceptors (Lipinski definition) is 4. The van der Waals surface area contributed by atoms with E-state index in [9.17, 15) is 0 Å². The van der Waals surface area contributed by atoms with Crippen LogP contribution in [0.25, 0.3) is 0 Å². The van der Waals surface area contributed by atoms with E-state index in [1.54, 1.807) is 11.8 Å². The number of thioether (sulfide) groups is 1. The van der Waals surface area contributed by atoms with E-state index in [2.05, 4.69) is 0 Å². The summed E-state index contributed by atoms with van der Waals surface area (Å²) < 4.78 is 5.14. The van der Waals surface area contributed by atoms with Crippen LogP contribution in [0.5, 0.6) is 0 Å². The molecule has 0 unspecified atom stereocenters. The lowest BCUT2D eigenvalue weighted by atomic mass is 10.2. The largest absolute Gasteiger partial charge is 0.394 e. The van der Waals surface area contributed by atoms with E-state index in [0.29, 0.717) is 13.2 Å².